The molecule has 3 atom stereocenters. The number of carbonyl (C=O) groups excluding carboxylic acids is 1. The van der Waals surface area contributed by atoms with Crippen LogP contribution < -0.4 is 4.74 Å². The Hall–Kier alpha value is -1.22. The molecule has 0 fully saturated rings. The molecular formula is C21H33ClO3. The van der Waals surface area contributed by atoms with Crippen molar-refractivity contribution < 1.29 is 14.3 Å². The number of hydrogen-bond acceptors (Lipinski definition) is 3. The van der Waals surface area contributed by atoms with E-state index in [0.717, 1.165) is 24.0 Å². The van der Waals surface area contributed by atoms with Gasteiger partial charge in [-0.15, -0.1) is 0 Å². The maximum atomic E-state index is 10.5. The number of carbonyl (C=O) groups is 1. The Balaban J connectivity index is 2.61. The summed E-state index contributed by atoms with van der Waals surface area (Å²) in [7, 11) is 0. The standard InChI is InChI=1S/C21H33ClO3/c1-5-8-16(3)20(9-6-2)17(4)14-18-10-7-11-19(15-18)24-12-13-25-21(22)23/h7,10-11,15-17,20H,5-6,8-9,12-14H2,1-4H3. The van der Waals surface area contributed by atoms with Crippen molar-refractivity contribution in [3.8, 4) is 5.75 Å². The zero-order valence-corrected chi connectivity index (χ0v) is 16.8. The summed E-state index contributed by atoms with van der Waals surface area (Å²) in [6.45, 7) is 9.80. The molecule has 1 aromatic carbocycles. The van der Waals surface area contributed by atoms with Gasteiger partial charge in [0.1, 0.15) is 19.0 Å². The Morgan fingerprint density at radius 3 is 2.44 bits per heavy atom. The Bertz CT molecular complexity index is 504. The molecule has 1 aromatic rings. The molecular weight excluding hydrogens is 336 g/mol. The number of benzene rings is 1. The van der Waals surface area contributed by atoms with Crippen LogP contribution >= 0.6 is 11.6 Å². The minimum atomic E-state index is -0.797. The van der Waals surface area contributed by atoms with Crippen LogP contribution in [0, 0.1) is 17.8 Å². The predicted octanol–water partition coefficient (Wildman–Crippen LogP) is 6.47. The summed E-state index contributed by atoms with van der Waals surface area (Å²) >= 11 is 5.13. The van der Waals surface area contributed by atoms with Gasteiger partial charge in [0.2, 0.25) is 0 Å². The molecule has 25 heavy (non-hydrogen) atoms. The molecule has 3 unspecified atom stereocenters. The van der Waals surface area contributed by atoms with Crippen molar-refractivity contribution in [1.29, 1.82) is 0 Å². The van der Waals surface area contributed by atoms with E-state index in [-0.39, 0.29) is 6.61 Å². The van der Waals surface area contributed by atoms with Crippen molar-refractivity contribution >= 4 is 17.0 Å². The van der Waals surface area contributed by atoms with Crippen LogP contribution in [-0.2, 0) is 11.2 Å². The zero-order chi connectivity index (χ0) is 18.7. The summed E-state index contributed by atoms with van der Waals surface area (Å²) in [5.74, 6) is 2.99. The molecule has 0 amide bonds. The molecule has 3 nitrogen and oxygen atoms in total. The Kier molecular flexibility index (Phi) is 10.6. The lowest BCUT2D eigenvalue weighted by Gasteiger charge is -2.29. The molecule has 0 spiro atoms. The first-order chi connectivity index (χ1) is 12.0. The van der Waals surface area contributed by atoms with Crippen molar-refractivity contribution in [2.45, 2.75) is 59.8 Å². The fourth-order valence-electron chi connectivity index (χ4n) is 3.70. The van der Waals surface area contributed by atoms with Gasteiger partial charge in [-0.2, -0.15) is 0 Å². The van der Waals surface area contributed by atoms with E-state index in [2.05, 4.69) is 44.6 Å². The maximum absolute atomic E-state index is 10.5. The van der Waals surface area contributed by atoms with Gasteiger partial charge in [-0.1, -0.05) is 65.5 Å². The van der Waals surface area contributed by atoms with Crippen LogP contribution in [0.2, 0.25) is 0 Å². The maximum Gasteiger partial charge on any atom is 0.403 e. The second-order valence-corrected chi connectivity index (χ2v) is 7.29. The molecule has 0 aliphatic heterocycles. The van der Waals surface area contributed by atoms with Crippen LogP contribution in [0.15, 0.2) is 24.3 Å². The molecule has 0 aromatic heterocycles. The fraction of sp³-hybridized carbons (Fsp3) is 0.667. The normalized spacial score (nSPS) is 14.6. The molecule has 0 aliphatic carbocycles. The summed E-state index contributed by atoms with van der Waals surface area (Å²) in [4.78, 5) is 10.5. The number of hydrogen-bond donors (Lipinski definition) is 0. The topological polar surface area (TPSA) is 35.5 Å². The molecule has 0 aliphatic rings. The van der Waals surface area contributed by atoms with Crippen LogP contribution in [0.1, 0.15) is 58.9 Å². The van der Waals surface area contributed by atoms with Crippen LogP contribution in [0.25, 0.3) is 0 Å². The quantitative estimate of drug-likeness (QED) is 0.313. The third-order valence-corrected chi connectivity index (χ3v) is 4.96. The number of rotatable bonds is 12. The van der Waals surface area contributed by atoms with E-state index >= 15 is 0 Å². The molecule has 0 saturated heterocycles. The first-order valence-corrected chi connectivity index (χ1v) is 9.89. The Morgan fingerprint density at radius 1 is 1.08 bits per heavy atom. The lowest BCUT2D eigenvalue weighted by Crippen LogP contribution is -2.21. The Labute approximate surface area is 158 Å². The lowest BCUT2D eigenvalue weighted by atomic mass is 9.76. The number of halogens is 1. The van der Waals surface area contributed by atoms with Crippen molar-refractivity contribution in [2.24, 2.45) is 17.8 Å². The van der Waals surface area contributed by atoms with E-state index in [1.54, 1.807) is 0 Å². The highest BCUT2D eigenvalue weighted by Crippen LogP contribution is 2.31. The molecule has 0 radical (unpaired) electrons. The molecule has 0 heterocycles. The van der Waals surface area contributed by atoms with Gasteiger partial charge in [0.05, 0.1) is 0 Å². The minimum absolute atomic E-state index is 0.163. The average Bonchev–Trinajstić information content (AvgIpc) is 2.57. The van der Waals surface area contributed by atoms with Gasteiger partial charge in [0.25, 0.3) is 0 Å². The minimum Gasteiger partial charge on any atom is -0.490 e. The van der Waals surface area contributed by atoms with Gasteiger partial charge < -0.3 is 9.47 Å². The van der Waals surface area contributed by atoms with Crippen LogP contribution in [0.5, 0.6) is 5.75 Å². The summed E-state index contributed by atoms with van der Waals surface area (Å²) in [6, 6.07) is 8.21. The zero-order valence-electron chi connectivity index (χ0n) is 16.1. The fourth-order valence-corrected chi connectivity index (χ4v) is 3.78. The molecule has 1 rings (SSSR count). The van der Waals surface area contributed by atoms with E-state index in [4.69, 9.17) is 16.3 Å². The first-order valence-electron chi connectivity index (χ1n) is 9.51. The highest BCUT2D eigenvalue weighted by atomic mass is 35.5. The largest absolute Gasteiger partial charge is 0.490 e. The van der Waals surface area contributed by atoms with E-state index < -0.39 is 5.43 Å². The second kappa shape index (κ2) is 12.2. The van der Waals surface area contributed by atoms with Crippen molar-refractivity contribution in [3.05, 3.63) is 29.8 Å². The predicted molar refractivity (Wildman–Crippen MR) is 104 cm³/mol. The molecule has 4 heteroatoms. The van der Waals surface area contributed by atoms with Gasteiger partial charge in [0, 0.05) is 11.6 Å². The Morgan fingerprint density at radius 2 is 1.80 bits per heavy atom. The molecule has 0 bridgehead atoms. The lowest BCUT2D eigenvalue weighted by molar-refractivity contribution is 0.147. The average molecular weight is 369 g/mol. The summed E-state index contributed by atoms with van der Waals surface area (Å²) in [5.41, 5.74) is 0.499. The SMILES string of the molecule is CCCC(C)C(CCC)C(C)Cc1cccc(OCCOC(=O)Cl)c1. The van der Waals surface area contributed by atoms with Crippen LogP contribution in [-0.4, -0.2) is 18.6 Å². The molecule has 0 N–H and O–H groups in total. The second-order valence-electron chi connectivity index (χ2n) is 6.98. The van der Waals surface area contributed by atoms with E-state index in [9.17, 15) is 4.79 Å². The van der Waals surface area contributed by atoms with Crippen LogP contribution in [0.3, 0.4) is 0 Å². The van der Waals surface area contributed by atoms with Gasteiger partial charge in [-0.05, 0) is 41.9 Å². The smallest absolute Gasteiger partial charge is 0.403 e. The highest BCUT2D eigenvalue weighted by Gasteiger charge is 2.22. The summed E-state index contributed by atoms with van der Waals surface area (Å²) in [5, 5.41) is 0. The summed E-state index contributed by atoms with van der Waals surface area (Å²) in [6.07, 6.45) is 6.15. The third kappa shape index (κ3) is 8.62. The van der Waals surface area contributed by atoms with E-state index in [1.807, 2.05) is 12.1 Å². The first kappa shape index (κ1) is 21.8. The van der Waals surface area contributed by atoms with E-state index in [0.29, 0.717) is 12.5 Å². The van der Waals surface area contributed by atoms with Gasteiger partial charge in [-0.3, -0.25) is 0 Å². The summed E-state index contributed by atoms with van der Waals surface area (Å²) < 4.78 is 10.3. The monoisotopic (exact) mass is 368 g/mol. The van der Waals surface area contributed by atoms with Crippen LogP contribution in [0.4, 0.5) is 4.79 Å². The molecule has 142 valence electrons. The van der Waals surface area contributed by atoms with Gasteiger partial charge >= 0.3 is 5.43 Å². The van der Waals surface area contributed by atoms with Gasteiger partial charge in [0.15, 0.2) is 0 Å². The van der Waals surface area contributed by atoms with Crippen molar-refractivity contribution in [3.63, 3.8) is 0 Å². The van der Waals surface area contributed by atoms with Crippen molar-refractivity contribution in [2.75, 3.05) is 13.2 Å². The molecule has 0 saturated carbocycles. The van der Waals surface area contributed by atoms with Gasteiger partial charge in [-0.25, -0.2) is 4.79 Å². The van der Waals surface area contributed by atoms with E-state index in [1.165, 1.54) is 31.2 Å². The highest BCUT2D eigenvalue weighted by molar-refractivity contribution is 6.61. The number of ether oxygens (including phenoxy) is 2. The van der Waals surface area contributed by atoms with Crippen molar-refractivity contribution in [1.82, 2.24) is 0 Å². The third-order valence-electron chi connectivity index (χ3n) is 4.85.